The fourth-order valence-corrected chi connectivity index (χ4v) is 1.13. The Labute approximate surface area is 97.7 Å². The van der Waals surface area contributed by atoms with Crippen molar-refractivity contribution in [1.29, 1.82) is 0 Å². The largest absolute Gasteiger partial charge is 0.465 e. The Morgan fingerprint density at radius 2 is 2.00 bits per heavy atom. The van der Waals surface area contributed by atoms with Crippen LogP contribution in [0.25, 0.3) is 0 Å². The summed E-state index contributed by atoms with van der Waals surface area (Å²) < 4.78 is 15.1. The topological polar surface area (TPSA) is 48.0 Å². The zero-order chi connectivity index (χ0) is 12.2. The molecule has 0 amide bonds. The molecule has 0 saturated heterocycles. The highest BCUT2D eigenvalue weighted by atomic mass is 16.5. The van der Waals surface area contributed by atoms with Crippen molar-refractivity contribution >= 4 is 5.97 Å². The van der Waals surface area contributed by atoms with Crippen molar-refractivity contribution in [3.8, 4) is 0 Å². The number of methoxy groups -OCH3 is 1. The molecular weight excluding hydrogens is 210 g/mol. The molecule has 0 aromatic carbocycles. The minimum absolute atomic E-state index is 0.190. The van der Waals surface area contributed by atoms with Gasteiger partial charge in [0.05, 0.1) is 19.8 Å². The molecular formula is C11H23NO4. The van der Waals surface area contributed by atoms with Crippen LogP contribution in [0.15, 0.2) is 0 Å². The van der Waals surface area contributed by atoms with E-state index < -0.39 is 0 Å². The van der Waals surface area contributed by atoms with E-state index in [0.29, 0.717) is 26.4 Å². The Kier molecular flexibility index (Phi) is 10.4. The van der Waals surface area contributed by atoms with Crippen LogP contribution in [0.2, 0.25) is 0 Å². The fraction of sp³-hybridized carbons (Fsp3) is 0.909. The van der Waals surface area contributed by atoms with E-state index in [1.807, 2.05) is 11.9 Å². The van der Waals surface area contributed by atoms with Crippen molar-refractivity contribution < 1.29 is 19.0 Å². The summed E-state index contributed by atoms with van der Waals surface area (Å²) >= 11 is 0. The van der Waals surface area contributed by atoms with Crippen LogP contribution in [0.5, 0.6) is 0 Å². The zero-order valence-electron chi connectivity index (χ0n) is 10.5. The minimum atomic E-state index is -0.190. The smallest absolute Gasteiger partial charge is 0.320 e. The van der Waals surface area contributed by atoms with E-state index in [1.165, 1.54) is 0 Å². The van der Waals surface area contributed by atoms with Crippen molar-refractivity contribution in [1.82, 2.24) is 4.90 Å². The van der Waals surface area contributed by atoms with Gasteiger partial charge in [0.25, 0.3) is 0 Å². The van der Waals surface area contributed by atoms with Gasteiger partial charge in [0.15, 0.2) is 0 Å². The number of carbonyl (C=O) groups is 1. The number of nitrogens with zero attached hydrogens (tertiary/aromatic N) is 1. The molecule has 5 nitrogen and oxygen atoms in total. The molecule has 0 unspecified atom stereocenters. The van der Waals surface area contributed by atoms with Gasteiger partial charge >= 0.3 is 5.97 Å². The summed E-state index contributed by atoms with van der Waals surface area (Å²) in [4.78, 5) is 13.0. The number of hydrogen-bond donors (Lipinski definition) is 0. The van der Waals surface area contributed by atoms with Crippen LogP contribution in [0, 0.1) is 0 Å². The van der Waals surface area contributed by atoms with Crippen molar-refractivity contribution in [3.63, 3.8) is 0 Å². The van der Waals surface area contributed by atoms with Crippen molar-refractivity contribution in [3.05, 3.63) is 0 Å². The molecule has 0 aromatic heterocycles. The van der Waals surface area contributed by atoms with E-state index >= 15 is 0 Å². The van der Waals surface area contributed by atoms with E-state index in [9.17, 15) is 4.79 Å². The monoisotopic (exact) mass is 233 g/mol. The van der Waals surface area contributed by atoms with Gasteiger partial charge in [0.2, 0.25) is 0 Å². The van der Waals surface area contributed by atoms with Gasteiger partial charge in [-0.25, -0.2) is 0 Å². The molecule has 0 aliphatic carbocycles. The molecule has 0 rings (SSSR count). The van der Waals surface area contributed by atoms with E-state index in [4.69, 9.17) is 14.2 Å². The zero-order valence-corrected chi connectivity index (χ0v) is 10.5. The predicted molar refractivity (Wildman–Crippen MR) is 61.4 cm³/mol. The highest BCUT2D eigenvalue weighted by Gasteiger charge is 2.06. The average molecular weight is 233 g/mol. The highest BCUT2D eigenvalue weighted by Crippen LogP contribution is 1.88. The third-order valence-electron chi connectivity index (χ3n) is 1.96. The van der Waals surface area contributed by atoms with Gasteiger partial charge in [-0.2, -0.15) is 0 Å². The van der Waals surface area contributed by atoms with Crippen LogP contribution in [-0.2, 0) is 19.0 Å². The Morgan fingerprint density at radius 3 is 2.62 bits per heavy atom. The van der Waals surface area contributed by atoms with E-state index in [0.717, 1.165) is 19.6 Å². The summed E-state index contributed by atoms with van der Waals surface area (Å²) in [5.74, 6) is -0.190. The second-order valence-corrected chi connectivity index (χ2v) is 3.50. The number of rotatable bonds is 10. The molecule has 0 atom stereocenters. The number of hydrogen-bond acceptors (Lipinski definition) is 5. The first kappa shape index (κ1) is 15.3. The molecule has 5 heteroatoms. The van der Waals surface area contributed by atoms with Gasteiger partial charge in [-0.1, -0.05) is 0 Å². The number of esters is 1. The molecule has 0 heterocycles. The van der Waals surface area contributed by atoms with Crippen molar-refractivity contribution in [2.45, 2.75) is 13.3 Å². The molecule has 96 valence electrons. The summed E-state index contributed by atoms with van der Waals surface area (Å²) in [6, 6.07) is 0. The molecule has 0 aliphatic heterocycles. The molecule has 0 aromatic rings. The number of carbonyl (C=O) groups excluding carboxylic acids is 1. The lowest BCUT2D eigenvalue weighted by atomic mass is 10.5. The van der Waals surface area contributed by atoms with Gasteiger partial charge in [-0.3, -0.25) is 9.69 Å². The first-order valence-corrected chi connectivity index (χ1v) is 5.61. The minimum Gasteiger partial charge on any atom is -0.465 e. The van der Waals surface area contributed by atoms with Crippen LogP contribution in [0.4, 0.5) is 0 Å². The lowest BCUT2D eigenvalue weighted by molar-refractivity contribution is -0.144. The second-order valence-electron chi connectivity index (χ2n) is 3.50. The highest BCUT2D eigenvalue weighted by molar-refractivity contribution is 5.71. The summed E-state index contributed by atoms with van der Waals surface area (Å²) in [6.45, 7) is 5.32. The molecule has 16 heavy (non-hydrogen) atoms. The van der Waals surface area contributed by atoms with Gasteiger partial charge < -0.3 is 14.2 Å². The molecule has 0 bridgehead atoms. The molecule has 0 saturated carbocycles. The van der Waals surface area contributed by atoms with E-state index in [2.05, 4.69) is 0 Å². The molecule has 0 spiro atoms. The lowest BCUT2D eigenvalue weighted by Crippen LogP contribution is -2.30. The summed E-state index contributed by atoms with van der Waals surface area (Å²) in [5.41, 5.74) is 0. The maximum absolute atomic E-state index is 11.1. The maximum Gasteiger partial charge on any atom is 0.320 e. The first-order chi connectivity index (χ1) is 7.70. The van der Waals surface area contributed by atoms with Crippen LogP contribution >= 0.6 is 0 Å². The van der Waals surface area contributed by atoms with E-state index in [1.54, 1.807) is 14.0 Å². The Balaban J connectivity index is 3.29. The predicted octanol–water partition coefficient (Wildman–Crippen LogP) is 0.534. The van der Waals surface area contributed by atoms with Crippen LogP contribution in [-0.4, -0.2) is 64.5 Å². The van der Waals surface area contributed by atoms with Crippen molar-refractivity contribution in [2.24, 2.45) is 0 Å². The summed E-state index contributed by atoms with van der Waals surface area (Å²) in [6.07, 6.45) is 0.901. The Morgan fingerprint density at radius 1 is 1.25 bits per heavy atom. The standard InChI is InChI=1S/C11H23NO4/c1-4-16-11(13)10-12(2)6-9-15-8-5-7-14-3/h4-10H2,1-3H3. The molecule has 0 N–H and O–H groups in total. The fourth-order valence-electron chi connectivity index (χ4n) is 1.13. The van der Waals surface area contributed by atoms with Gasteiger partial charge in [0.1, 0.15) is 0 Å². The SMILES string of the molecule is CCOC(=O)CN(C)CCOCCCOC. The lowest BCUT2D eigenvalue weighted by Gasteiger charge is -2.15. The third-order valence-corrected chi connectivity index (χ3v) is 1.96. The van der Waals surface area contributed by atoms with Gasteiger partial charge in [-0.15, -0.1) is 0 Å². The van der Waals surface area contributed by atoms with Crippen molar-refractivity contribution in [2.75, 3.05) is 53.7 Å². The second kappa shape index (κ2) is 10.9. The first-order valence-electron chi connectivity index (χ1n) is 5.61. The van der Waals surface area contributed by atoms with Gasteiger partial charge in [-0.05, 0) is 20.4 Å². The molecule has 0 radical (unpaired) electrons. The number of likely N-dealkylation sites (N-methyl/N-ethyl adjacent to an activating group) is 1. The third kappa shape index (κ3) is 9.89. The Bertz CT molecular complexity index is 175. The maximum atomic E-state index is 11.1. The average Bonchev–Trinajstić information content (AvgIpc) is 2.23. The number of ether oxygens (including phenoxy) is 3. The normalized spacial score (nSPS) is 10.8. The summed E-state index contributed by atoms with van der Waals surface area (Å²) in [5, 5.41) is 0. The molecule has 0 aliphatic rings. The van der Waals surface area contributed by atoms with Gasteiger partial charge in [0, 0.05) is 26.9 Å². The van der Waals surface area contributed by atoms with Crippen LogP contribution in [0.3, 0.4) is 0 Å². The van der Waals surface area contributed by atoms with E-state index in [-0.39, 0.29) is 5.97 Å². The quantitative estimate of drug-likeness (QED) is 0.407. The van der Waals surface area contributed by atoms with Crippen LogP contribution < -0.4 is 0 Å². The van der Waals surface area contributed by atoms with Crippen LogP contribution in [0.1, 0.15) is 13.3 Å². The molecule has 0 fully saturated rings. The summed E-state index contributed by atoms with van der Waals surface area (Å²) in [7, 11) is 3.54. The Hall–Kier alpha value is -0.650.